The molecule has 10 atom stereocenters. The van der Waals surface area contributed by atoms with Crippen molar-refractivity contribution in [2.24, 2.45) is 5.16 Å². The first-order valence-corrected chi connectivity index (χ1v) is 14.6. The molecule has 2 heterocycles. The van der Waals surface area contributed by atoms with Crippen LogP contribution < -0.4 is 10.1 Å². The number of ether oxygens (including phenoxy) is 4. The van der Waals surface area contributed by atoms with Gasteiger partial charge in [0.05, 0.1) is 11.8 Å². The Morgan fingerprint density at radius 3 is 2.39 bits per heavy atom. The standard InChI is InChI=1S/C31H35F3N2O10/c1-3-19(36-44-12-15-4-7-17(32)8-5-15)27-23(37)21(34)31(46-27)45-20-9-6-16(11-18(20)33)10-14(2)30(41)35-22-24(38)26(40)29-28(25(22)39)42-13-43-29/h4-11,21-29,31,37-40H,3,12-13H2,1-2H3,(H,35,41)/t21-,22+,23-,24-,25+,26+,27+,28-,29+,31+/m0/s1. The number of carbonyl (C=O) groups excluding carboxylic acids is 1. The summed E-state index contributed by atoms with van der Waals surface area (Å²) < 4.78 is 64.5. The van der Waals surface area contributed by atoms with Crippen molar-refractivity contribution in [1.29, 1.82) is 0 Å². The van der Waals surface area contributed by atoms with Crippen molar-refractivity contribution in [2.75, 3.05) is 6.79 Å². The minimum Gasteiger partial charge on any atom is -0.459 e. The average Bonchev–Trinajstić information content (AvgIpc) is 3.64. The Hall–Kier alpha value is -3.57. The van der Waals surface area contributed by atoms with Crippen molar-refractivity contribution in [1.82, 2.24) is 5.32 Å². The second-order valence-electron chi connectivity index (χ2n) is 11.2. The van der Waals surface area contributed by atoms with Crippen molar-refractivity contribution in [3.8, 4) is 5.75 Å². The lowest BCUT2D eigenvalue weighted by atomic mass is 9.83. The maximum atomic E-state index is 15.0. The molecule has 2 aliphatic heterocycles. The number of halogens is 3. The van der Waals surface area contributed by atoms with Gasteiger partial charge in [0.2, 0.25) is 12.2 Å². The molecule has 250 valence electrons. The van der Waals surface area contributed by atoms with Crippen molar-refractivity contribution in [3.05, 3.63) is 70.8 Å². The van der Waals surface area contributed by atoms with Gasteiger partial charge in [-0.3, -0.25) is 4.79 Å². The number of benzene rings is 2. The normalized spacial score (nSPS) is 33.1. The van der Waals surface area contributed by atoms with Crippen LogP contribution in [-0.4, -0.2) is 100 Å². The Balaban J connectivity index is 1.19. The number of rotatable bonds is 10. The number of oxime groups is 1. The third-order valence-electron chi connectivity index (χ3n) is 8.04. The van der Waals surface area contributed by atoms with E-state index in [-0.39, 0.29) is 42.4 Å². The van der Waals surface area contributed by atoms with E-state index in [1.165, 1.54) is 49.4 Å². The molecule has 0 radical (unpaired) electrons. The quantitative estimate of drug-likeness (QED) is 0.144. The van der Waals surface area contributed by atoms with E-state index in [4.69, 9.17) is 23.8 Å². The van der Waals surface area contributed by atoms with Gasteiger partial charge >= 0.3 is 0 Å². The summed E-state index contributed by atoms with van der Waals surface area (Å²) in [6.45, 7) is 2.94. The fourth-order valence-electron chi connectivity index (χ4n) is 5.45. The minimum atomic E-state index is -2.05. The van der Waals surface area contributed by atoms with Crippen molar-refractivity contribution < 1.29 is 62.2 Å². The summed E-state index contributed by atoms with van der Waals surface area (Å²) in [6, 6.07) is 7.93. The number of amides is 1. The molecule has 5 rings (SSSR count). The molecular formula is C31H35F3N2O10. The molecular weight excluding hydrogens is 617 g/mol. The van der Waals surface area contributed by atoms with Crippen LogP contribution in [0.25, 0.3) is 6.08 Å². The zero-order valence-corrected chi connectivity index (χ0v) is 24.8. The highest BCUT2D eigenvalue weighted by atomic mass is 19.1. The van der Waals surface area contributed by atoms with Crippen molar-refractivity contribution in [3.63, 3.8) is 0 Å². The van der Waals surface area contributed by atoms with Gasteiger partial charge in [0, 0.05) is 5.57 Å². The third-order valence-corrected chi connectivity index (χ3v) is 8.04. The van der Waals surface area contributed by atoms with E-state index in [0.29, 0.717) is 5.56 Å². The van der Waals surface area contributed by atoms with Gasteiger partial charge in [-0.1, -0.05) is 30.3 Å². The zero-order chi connectivity index (χ0) is 33.1. The van der Waals surface area contributed by atoms with Crippen LogP contribution in [0.4, 0.5) is 13.2 Å². The number of hydrogen-bond donors (Lipinski definition) is 5. The molecule has 2 aromatic carbocycles. The molecule has 1 saturated carbocycles. The number of aliphatic hydroxyl groups is 4. The lowest BCUT2D eigenvalue weighted by Gasteiger charge is -2.41. The number of alkyl halides is 1. The Kier molecular flexibility index (Phi) is 10.6. The number of nitrogens with zero attached hydrogens (tertiary/aromatic N) is 1. The van der Waals surface area contributed by atoms with Crippen LogP contribution in [0, 0.1) is 11.6 Å². The fraction of sp³-hybridized carbons (Fsp3) is 0.484. The lowest BCUT2D eigenvalue weighted by molar-refractivity contribution is -0.155. The maximum Gasteiger partial charge on any atom is 0.247 e. The van der Waals surface area contributed by atoms with Gasteiger partial charge in [0.1, 0.15) is 61.9 Å². The Labute approximate surface area is 262 Å². The predicted octanol–water partition coefficient (Wildman–Crippen LogP) is 1.48. The van der Waals surface area contributed by atoms with Gasteiger partial charge in [-0.2, -0.15) is 0 Å². The summed E-state index contributed by atoms with van der Waals surface area (Å²) in [5.74, 6) is -2.40. The zero-order valence-electron chi connectivity index (χ0n) is 24.8. The number of carbonyl (C=O) groups is 1. The molecule has 2 aromatic rings. The second-order valence-corrected chi connectivity index (χ2v) is 11.2. The van der Waals surface area contributed by atoms with E-state index in [9.17, 15) is 34.0 Å². The van der Waals surface area contributed by atoms with Crippen LogP contribution in [0.2, 0.25) is 0 Å². The van der Waals surface area contributed by atoms with Crippen molar-refractivity contribution in [2.45, 2.75) is 88.1 Å². The largest absolute Gasteiger partial charge is 0.459 e. The van der Waals surface area contributed by atoms with E-state index < -0.39 is 78.8 Å². The monoisotopic (exact) mass is 652 g/mol. The highest BCUT2D eigenvalue weighted by molar-refractivity contribution is 5.97. The second kappa shape index (κ2) is 14.5. The molecule has 0 bridgehead atoms. The summed E-state index contributed by atoms with van der Waals surface area (Å²) in [5.41, 5.74) is 1.13. The number of fused-ring (bicyclic) bond motifs is 1. The number of nitrogens with one attached hydrogen (secondary N) is 1. The highest BCUT2D eigenvalue weighted by Crippen LogP contribution is 2.32. The summed E-state index contributed by atoms with van der Waals surface area (Å²) in [4.78, 5) is 18.1. The maximum absolute atomic E-state index is 15.0. The molecule has 2 saturated heterocycles. The summed E-state index contributed by atoms with van der Waals surface area (Å²) in [6.07, 6.45) is -11.3. The lowest BCUT2D eigenvalue weighted by Crippen LogP contribution is -2.67. The Morgan fingerprint density at radius 2 is 1.72 bits per heavy atom. The smallest absolute Gasteiger partial charge is 0.247 e. The first-order valence-electron chi connectivity index (χ1n) is 14.6. The van der Waals surface area contributed by atoms with E-state index >= 15 is 4.39 Å². The summed E-state index contributed by atoms with van der Waals surface area (Å²) >= 11 is 0. The van der Waals surface area contributed by atoms with Gasteiger partial charge < -0.3 is 49.5 Å². The first-order chi connectivity index (χ1) is 22.0. The molecule has 0 spiro atoms. The topological polar surface area (TPSA) is 169 Å². The number of aliphatic hydroxyl groups excluding tert-OH is 4. The van der Waals surface area contributed by atoms with Crippen LogP contribution in [0.1, 0.15) is 31.4 Å². The highest BCUT2D eigenvalue weighted by Gasteiger charge is 2.53. The van der Waals surface area contributed by atoms with Crippen LogP contribution >= 0.6 is 0 Å². The number of hydrogen-bond acceptors (Lipinski definition) is 11. The van der Waals surface area contributed by atoms with Gasteiger partial charge in [-0.25, -0.2) is 13.2 Å². The molecule has 5 N–H and O–H groups in total. The van der Waals surface area contributed by atoms with Gasteiger partial charge in [-0.15, -0.1) is 0 Å². The first kappa shape index (κ1) is 33.8. The molecule has 1 amide bonds. The van der Waals surface area contributed by atoms with Crippen LogP contribution in [-0.2, 0) is 30.4 Å². The Bertz CT molecular complexity index is 1440. The molecule has 46 heavy (non-hydrogen) atoms. The summed E-state index contributed by atoms with van der Waals surface area (Å²) in [5, 5.41) is 48.2. The van der Waals surface area contributed by atoms with Gasteiger partial charge in [0.15, 0.2) is 17.7 Å². The fourth-order valence-corrected chi connectivity index (χ4v) is 5.45. The van der Waals surface area contributed by atoms with Crippen LogP contribution in [0.15, 0.2) is 53.2 Å². The van der Waals surface area contributed by atoms with Gasteiger partial charge in [-0.05, 0) is 54.8 Å². The van der Waals surface area contributed by atoms with Crippen LogP contribution in [0.3, 0.4) is 0 Å². The predicted molar refractivity (Wildman–Crippen MR) is 154 cm³/mol. The molecule has 1 aliphatic carbocycles. The SMILES string of the molecule is CCC(=NOCc1ccc(F)cc1)[C@H]1O[C@@H](Oc2ccc(C=C(C)C(=O)N[C@@H]3[C@H](O)[C@@H](O)[C@H]4OCO[C@H]4[C@@H]3O)cc2F)[C@@H](F)[C@@H]1O. The van der Waals surface area contributed by atoms with E-state index in [0.717, 1.165) is 6.07 Å². The van der Waals surface area contributed by atoms with E-state index in [1.807, 2.05) is 0 Å². The molecule has 12 nitrogen and oxygen atoms in total. The molecule has 15 heteroatoms. The average molecular weight is 653 g/mol. The third kappa shape index (κ3) is 7.20. The van der Waals surface area contributed by atoms with Crippen LogP contribution in [0.5, 0.6) is 5.75 Å². The summed E-state index contributed by atoms with van der Waals surface area (Å²) in [7, 11) is 0. The molecule has 3 aliphatic rings. The molecule has 0 unspecified atom stereocenters. The Morgan fingerprint density at radius 1 is 1.02 bits per heavy atom. The van der Waals surface area contributed by atoms with Gasteiger partial charge in [0.25, 0.3) is 0 Å². The van der Waals surface area contributed by atoms with E-state index in [2.05, 4.69) is 10.5 Å². The molecule has 0 aromatic heterocycles. The molecule has 3 fully saturated rings. The van der Waals surface area contributed by atoms with Crippen molar-refractivity contribution >= 4 is 17.7 Å². The minimum absolute atomic E-state index is 0.00238. The van der Waals surface area contributed by atoms with E-state index in [1.54, 1.807) is 6.92 Å².